The van der Waals surface area contributed by atoms with Crippen molar-refractivity contribution < 1.29 is 9.90 Å². The summed E-state index contributed by atoms with van der Waals surface area (Å²) < 4.78 is 1.02. The molecule has 3 nitrogen and oxygen atoms in total. The van der Waals surface area contributed by atoms with Gasteiger partial charge in [0.1, 0.15) is 0 Å². The molecule has 1 aromatic rings. The lowest BCUT2D eigenvalue weighted by atomic mass is 9.87. The van der Waals surface area contributed by atoms with E-state index < -0.39 is 0 Å². The first-order valence-electron chi connectivity index (χ1n) is 6.36. The van der Waals surface area contributed by atoms with Crippen molar-refractivity contribution in [1.29, 1.82) is 0 Å². The van der Waals surface area contributed by atoms with Gasteiger partial charge >= 0.3 is 0 Å². The maximum atomic E-state index is 12.0. The molecule has 1 aliphatic carbocycles. The summed E-state index contributed by atoms with van der Waals surface area (Å²) in [4.78, 5) is 12.0. The molecule has 0 bridgehead atoms. The monoisotopic (exact) mass is 311 g/mol. The molecule has 4 heteroatoms. The fourth-order valence-corrected chi connectivity index (χ4v) is 2.73. The second-order valence-corrected chi connectivity index (χ2v) is 5.67. The zero-order valence-corrected chi connectivity index (χ0v) is 11.8. The molecule has 0 saturated heterocycles. The summed E-state index contributed by atoms with van der Waals surface area (Å²) in [5.41, 5.74) is 1.08. The van der Waals surface area contributed by atoms with Crippen LogP contribution in [0.1, 0.15) is 31.2 Å². The Hall–Kier alpha value is -0.870. The van der Waals surface area contributed by atoms with E-state index >= 15 is 0 Å². The van der Waals surface area contributed by atoms with Gasteiger partial charge in [0.05, 0.1) is 6.10 Å². The SMILES string of the molecule is O=C(NCc1ccccc1Br)C1CCC(O)CC1. The lowest BCUT2D eigenvalue weighted by Crippen LogP contribution is -2.33. The Bertz CT molecular complexity index is 414. The highest BCUT2D eigenvalue weighted by atomic mass is 79.9. The van der Waals surface area contributed by atoms with Gasteiger partial charge < -0.3 is 10.4 Å². The topological polar surface area (TPSA) is 49.3 Å². The Morgan fingerprint density at radius 1 is 1.28 bits per heavy atom. The first kappa shape index (κ1) is 13.6. The third-order valence-electron chi connectivity index (χ3n) is 3.48. The highest BCUT2D eigenvalue weighted by Gasteiger charge is 2.24. The molecule has 18 heavy (non-hydrogen) atoms. The van der Waals surface area contributed by atoms with Gasteiger partial charge in [-0.1, -0.05) is 34.1 Å². The quantitative estimate of drug-likeness (QED) is 0.901. The zero-order chi connectivity index (χ0) is 13.0. The van der Waals surface area contributed by atoms with E-state index in [2.05, 4.69) is 21.2 Å². The Labute approximate surface area is 116 Å². The van der Waals surface area contributed by atoms with Gasteiger partial charge in [0, 0.05) is 16.9 Å². The number of amides is 1. The van der Waals surface area contributed by atoms with Gasteiger partial charge in [0.2, 0.25) is 5.91 Å². The van der Waals surface area contributed by atoms with Crippen molar-refractivity contribution in [3.05, 3.63) is 34.3 Å². The van der Waals surface area contributed by atoms with Gasteiger partial charge in [-0.05, 0) is 37.3 Å². The fourth-order valence-electron chi connectivity index (χ4n) is 2.31. The number of carbonyl (C=O) groups excluding carboxylic acids is 1. The van der Waals surface area contributed by atoms with Gasteiger partial charge in [0.15, 0.2) is 0 Å². The van der Waals surface area contributed by atoms with Crippen LogP contribution < -0.4 is 5.32 Å². The predicted octanol–water partition coefficient (Wildman–Crippen LogP) is 2.62. The van der Waals surface area contributed by atoms with Crippen LogP contribution in [0.4, 0.5) is 0 Å². The number of aliphatic hydroxyl groups is 1. The first-order chi connectivity index (χ1) is 8.66. The molecule has 1 saturated carbocycles. The average molecular weight is 312 g/mol. The Kier molecular flexibility index (Phi) is 4.78. The highest BCUT2D eigenvalue weighted by molar-refractivity contribution is 9.10. The minimum absolute atomic E-state index is 0.0656. The van der Waals surface area contributed by atoms with Crippen molar-refractivity contribution in [3.8, 4) is 0 Å². The first-order valence-corrected chi connectivity index (χ1v) is 7.15. The molecule has 98 valence electrons. The predicted molar refractivity (Wildman–Crippen MR) is 74.0 cm³/mol. The molecule has 0 heterocycles. The molecule has 0 radical (unpaired) electrons. The summed E-state index contributed by atoms with van der Waals surface area (Å²) in [6.45, 7) is 0.555. The summed E-state index contributed by atoms with van der Waals surface area (Å²) >= 11 is 3.47. The van der Waals surface area contributed by atoms with E-state index in [1.54, 1.807) is 0 Å². The van der Waals surface area contributed by atoms with E-state index in [0.717, 1.165) is 35.7 Å². The van der Waals surface area contributed by atoms with Gasteiger partial charge in [-0.15, -0.1) is 0 Å². The number of hydrogen-bond donors (Lipinski definition) is 2. The van der Waals surface area contributed by atoms with E-state index in [-0.39, 0.29) is 17.9 Å². The van der Waals surface area contributed by atoms with Crippen LogP contribution in [0.5, 0.6) is 0 Å². The maximum absolute atomic E-state index is 12.0. The minimum Gasteiger partial charge on any atom is -0.393 e. The van der Waals surface area contributed by atoms with Crippen molar-refractivity contribution in [2.24, 2.45) is 5.92 Å². The van der Waals surface area contributed by atoms with E-state index in [0.29, 0.717) is 6.54 Å². The normalized spacial score (nSPS) is 23.7. The molecule has 1 aromatic carbocycles. The van der Waals surface area contributed by atoms with Crippen LogP contribution in [0.3, 0.4) is 0 Å². The Morgan fingerprint density at radius 3 is 2.61 bits per heavy atom. The van der Waals surface area contributed by atoms with Crippen LogP contribution in [0.25, 0.3) is 0 Å². The number of halogens is 1. The van der Waals surface area contributed by atoms with Crippen LogP contribution in [0.15, 0.2) is 28.7 Å². The van der Waals surface area contributed by atoms with Gasteiger partial charge in [0.25, 0.3) is 0 Å². The number of nitrogens with one attached hydrogen (secondary N) is 1. The average Bonchev–Trinajstić information content (AvgIpc) is 2.38. The lowest BCUT2D eigenvalue weighted by Gasteiger charge is -2.24. The van der Waals surface area contributed by atoms with E-state index in [1.165, 1.54) is 0 Å². The molecule has 0 unspecified atom stereocenters. The molecule has 1 amide bonds. The zero-order valence-electron chi connectivity index (χ0n) is 10.2. The lowest BCUT2D eigenvalue weighted by molar-refractivity contribution is -0.126. The largest absolute Gasteiger partial charge is 0.393 e. The number of aliphatic hydroxyl groups excluding tert-OH is 1. The number of hydrogen-bond acceptors (Lipinski definition) is 2. The summed E-state index contributed by atoms with van der Waals surface area (Å²) in [5.74, 6) is 0.175. The fraction of sp³-hybridized carbons (Fsp3) is 0.500. The smallest absolute Gasteiger partial charge is 0.223 e. The summed E-state index contributed by atoms with van der Waals surface area (Å²) in [6, 6.07) is 7.88. The third-order valence-corrected chi connectivity index (χ3v) is 4.25. The molecule has 0 atom stereocenters. The Morgan fingerprint density at radius 2 is 1.94 bits per heavy atom. The molecule has 1 fully saturated rings. The van der Waals surface area contributed by atoms with Crippen LogP contribution in [0.2, 0.25) is 0 Å². The standard InChI is InChI=1S/C14H18BrNO2/c15-13-4-2-1-3-11(13)9-16-14(18)10-5-7-12(17)8-6-10/h1-4,10,12,17H,5-9H2,(H,16,18). The Balaban J connectivity index is 1.83. The van der Waals surface area contributed by atoms with E-state index in [1.807, 2.05) is 24.3 Å². The second kappa shape index (κ2) is 6.34. The highest BCUT2D eigenvalue weighted by Crippen LogP contribution is 2.24. The van der Waals surface area contributed by atoms with Crippen molar-refractivity contribution in [2.75, 3.05) is 0 Å². The van der Waals surface area contributed by atoms with Crippen molar-refractivity contribution in [3.63, 3.8) is 0 Å². The van der Waals surface area contributed by atoms with Crippen LogP contribution in [-0.2, 0) is 11.3 Å². The summed E-state index contributed by atoms with van der Waals surface area (Å²) in [7, 11) is 0. The van der Waals surface area contributed by atoms with Crippen LogP contribution in [0, 0.1) is 5.92 Å². The van der Waals surface area contributed by atoms with E-state index in [9.17, 15) is 9.90 Å². The molecule has 0 aliphatic heterocycles. The molecule has 0 aromatic heterocycles. The van der Waals surface area contributed by atoms with Crippen LogP contribution in [-0.4, -0.2) is 17.1 Å². The molecule has 2 rings (SSSR count). The number of benzene rings is 1. The molecular weight excluding hydrogens is 294 g/mol. The third kappa shape index (κ3) is 3.56. The molecule has 0 spiro atoms. The van der Waals surface area contributed by atoms with Crippen molar-refractivity contribution in [2.45, 2.75) is 38.3 Å². The summed E-state index contributed by atoms with van der Waals surface area (Å²) in [5, 5.41) is 12.4. The molecule has 2 N–H and O–H groups in total. The van der Waals surface area contributed by atoms with E-state index in [4.69, 9.17) is 0 Å². The van der Waals surface area contributed by atoms with Crippen molar-refractivity contribution in [1.82, 2.24) is 5.32 Å². The van der Waals surface area contributed by atoms with Gasteiger partial charge in [-0.2, -0.15) is 0 Å². The number of rotatable bonds is 3. The molecular formula is C14H18BrNO2. The second-order valence-electron chi connectivity index (χ2n) is 4.81. The minimum atomic E-state index is -0.211. The number of carbonyl (C=O) groups is 1. The van der Waals surface area contributed by atoms with Gasteiger partial charge in [-0.25, -0.2) is 0 Å². The van der Waals surface area contributed by atoms with Crippen LogP contribution >= 0.6 is 15.9 Å². The molecule has 1 aliphatic rings. The van der Waals surface area contributed by atoms with Crippen molar-refractivity contribution >= 4 is 21.8 Å². The summed E-state index contributed by atoms with van der Waals surface area (Å²) in [6.07, 6.45) is 2.86. The maximum Gasteiger partial charge on any atom is 0.223 e. The van der Waals surface area contributed by atoms with Gasteiger partial charge in [-0.3, -0.25) is 4.79 Å².